The van der Waals surface area contributed by atoms with Crippen molar-refractivity contribution in [2.75, 3.05) is 0 Å². The lowest BCUT2D eigenvalue weighted by molar-refractivity contribution is 0.0168. The van der Waals surface area contributed by atoms with Crippen molar-refractivity contribution in [3.63, 3.8) is 0 Å². The molecule has 0 radical (unpaired) electrons. The van der Waals surface area contributed by atoms with Gasteiger partial charge >= 0.3 is 0 Å². The summed E-state index contributed by atoms with van der Waals surface area (Å²) in [6.07, 6.45) is 8.41. The monoisotopic (exact) mass is 381 g/mol. The van der Waals surface area contributed by atoms with Crippen molar-refractivity contribution in [2.24, 2.45) is 15.9 Å². The molecule has 0 aliphatic heterocycles. The normalized spacial score (nSPS) is 16.1. The first-order valence-electron chi connectivity index (χ1n) is 9.54. The van der Waals surface area contributed by atoms with Crippen LogP contribution >= 0.6 is 11.8 Å². The van der Waals surface area contributed by atoms with Crippen LogP contribution in [0.4, 0.5) is 0 Å². The first-order chi connectivity index (χ1) is 13.3. The second-order valence-electron chi connectivity index (χ2n) is 6.73. The number of nitrogens with zero attached hydrogens (tertiary/aromatic N) is 2. The summed E-state index contributed by atoms with van der Waals surface area (Å²) in [6, 6.07) is 18.4. The molecule has 0 atom stereocenters. The van der Waals surface area contributed by atoms with Gasteiger partial charge in [-0.05, 0) is 24.0 Å². The molecule has 1 saturated carbocycles. The Morgan fingerprint density at radius 1 is 1.04 bits per heavy atom. The largest absolute Gasteiger partial charge is 0.377 e. The topological polar surface area (TPSA) is 60.0 Å². The molecule has 5 heteroatoms. The highest BCUT2D eigenvalue weighted by Crippen LogP contribution is 2.22. The van der Waals surface area contributed by atoms with E-state index in [4.69, 9.17) is 10.5 Å². The van der Waals surface area contributed by atoms with Crippen molar-refractivity contribution in [2.45, 2.75) is 50.6 Å². The third kappa shape index (κ3) is 6.85. The van der Waals surface area contributed by atoms with E-state index in [0.29, 0.717) is 17.9 Å². The maximum absolute atomic E-state index is 6.10. The van der Waals surface area contributed by atoms with E-state index in [9.17, 15) is 0 Å². The minimum Gasteiger partial charge on any atom is -0.377 e. The maximum Gasteiger partial charge on any atom is 0.180 e. The summed E-state index contributed by atoms with van der Waals surface area (Å²) < 4.78 is 6.10. The van der Waals surface area contributed by atoms with Gasteiger partial charge in [0.05, 0.1) is 18.9 Å². The van der Waals surface area contributed by atoms with Gasteiger partial charge in [-0.15, -0.1) is 5.10 Å². The second-order valence-corrected chi connectivity index (χ2v) is 7.72. The summed E-state index contributed by atoms with van der Waals surface area (Å²) in [4.78, 5) is 0. The molecule has 1 aliphatic rings. The molecular formula is C22H27N3OS. The van der Waals surface area contributed by atoms with Crippen LogP contribution in [0.5, 0.6) is 0 Å². The summed E-state index contributed by atoms with van der Waals surface area (Å²) in [5.41, 5.74) is 9.33. The number of amidine groups is 1. The molecule has 1 fully saturated rings. The van der Waals surface area contributed by atoms with Crippen LogP contribution < -0.4 is 5.73 Å². The molecule has 0 aromatic heterocycles. The molecule has 2 N–H and O–H groups in total. The zero-order valence-electron chi connectivity index (χ0n) is 15.6. The van der Waals surface area contributed by atoms with Gasteiger partial charge in [0.1, 0.15) is 0 Å². The predicted octanol–water partition coefficient (Wildman–Crippen LogP) is 5.12. The van der Waals surface area contributed by atoms with E-state index in [-0.39, 0.29) is 0 Å². The molecule has 0 saturated heterocycles. The van der Waals surface area contributed by atoms with Gasteiger partial charge < -0.3 is 10.5 Å². The molecule has 4 nitrogen and oxygen atoms in total. The van der Waals surface area contributed by atoms with Crippen molar-refractivity contribution < 1.29 is 4.74 Å². The fourth-order valence-electron chi connectivity index (χ4n) is 3.14. The van der Waals surface area contributed by atoms with Crippen LogP contribution in [-0.2, 0) is 17.1 Å². The van der Waals surface area contributed by atoms with Crippen LogP contribution in [0.1, 0.15) is 48.8 Å². The van der Waals surface area contributed by atoms with Gasteiger partial charge in [-0.1, -0.05) is 85.6 Å². The molecule has 2 aromatic rings. The van der Waals surface area contributed by atoms with E-state index in [1.165, 1.54) is 49.4 Å². The third-order valence-electron chi connectivity index (χ3n) is 4.66. The van der Waals surface area contributed by atoms with Gasteiger partial charge in [-0.2, -0.15) is 5.10 Å². The predicted molar refractivity (Wildman–Crippen MR) is 115 cm³/mol. The van der Waals surface area contributed by atoms with Crippen molar-refractivity contribution in [3.8, 4) is 0 Å². The Bertz CT molecular complexity index is 755. The number of thioether (sulfide) groups is 1. The number of hydrogen-bond donors (Lipinski definition) is 1. The standard InChI is InChI=1S/C22H27N3OS/c23-22(27-17-18-9-3-1-4-10-18)25-24-15-19-11-7-8-12-20(19)16-26-21-13-5-2-6-14-21/h1,3-4,7-12,15,21H,2,5-6,13-14,16-17H2,(H2,23,25). The van der Waals surface area contributed by atoms with Crippen molar-refractivity contribution >= 4 is 23.1 Å². The molecule has 3 rings (SSSR count). The van der Waals surface area contributed by atoms with Gasteiger partial charge in [-0.3, -0.25) is 0 Å². The number of benzene rings is 2. The summed E-state index contributed by atoms with van der Waals surface area (Å²) in [7, 11) is 0. The summed E-state index contributed by atoms with van der Waals surface area (Å²) >= 11 is 1.49. The third-order valence-corrected chi connectivity index (χ3v) is 5.52. The quantitative estimate of drug-likeness (QED) is 0.411. The number of nitrogens with two attached hydrogens (primary N) is 1. The molecule has 0 heterocycles. The lowest BCUT2D eigenvalue weighted by atomic mass is 9.98. The average Bonchev–Trinajstić information content (AvgIpc) is 2.73. The van der Waals surface area contributed by atoms with Gasteiger partial charge in [0.15, 0.2) is 5.17 Å². The highest BCUT2D eigenvalue weighted by Gasteiger charge is 2.14. The molecule has 0 bridgehead atoms. The SMILES string of the molecule is NC(=NN=Cc1ccccc1COC1CCCCC1)SCc1ccccc1. The summed E-state index contributed by atoms with van der Waals surface area (Å²) in [5.74, 6) is 0.789. The molecule has 2 aromatic carbocycles. The van der Waals surface area contributed by atoms with Crippen LogP contribution in [-0.4, -0.2) is 17.5 Å². The van der Waals surface area contributed by atoms with E-state index < -0.39 is 0 Å². The van der Waals surface area contributed by atoms with Crippen molar-refractivity contribution in [1.29, 1.82) is 0 Å². The molecule has 142 valence electrons. The smallest absolute Gasteiger partial charge is 0.180 e. The van der Waals surface area contributed by atoms with Crippen LogP contribution in [0.15, 0.2) is 64.8 Å². The van der Waals surface area contributed by atoms with E-state index in [1.54, 1.807) is 6.21 Å². The van der Waals surface area contributed by atoms with Crippen LogP contribution in [0.2, 0.25) is 0 Å². The average molecular weight is 382 g/mol. The highest BCUT2D eigenvalue weighted by molar-refractivity contribution is 8.13. The zero-order chi connectivity index (χ0) is 18.7. The number of ether oxygens (including phenoxy) is 1. The van der Waals surface area contributed by atoms with Gasteiger partial charge in [0.25, 0.3) is 0 Å². The van der Waals surface area contributed by atoms with Crippen LogP contribution in [0.3, 0.4) is 0 Å². The zero-order valence-corrected chi connectivity index (χ0v) is 16.4. The Kier molecular flexibility index (Phi) is 7.93. The lowest BCUT2D eigenvalue weighted by Gasteiger charge is -2.22. The van der Waals surface area contributed by atoms with E-state index >= 15 is 0 Å². The minimum absolute atomic E-state index is 0.395. The Labute approximate surface area is 165 Å². The second kappa shape index (κ2) is 10.9. The first-order valence-corrected chi connectivity index (χ1v) is 10.5. The van der Waals surface area contributed by atoms with E-state index in [1.807, 2.05) is 36.4 Å². The molecule has 0 unspecified atom stereocenters. The first kappa shape index (κ1) is 19.6. The maximum atomic E-state index is 6.10. The number of rotatable bonds is 7. The summed E-state index contributed by atoms with van der Waals surface area (Å²) in [6.45, 7) is 0.620. The Morgan fingerprint density at radius 2 is 1.78 bits per heavy atom. The fraction of sp³-hybridized carbons (Fsp3) is 0.364. The Hall–Kier alpha value is -2.11. The van der Waals surface area contributed by atoms with Gasteiger partial charge in [-0.25, -0.2) is 0 Å². The molecule has 0 amide bonds. The highest BCUT2D eigenvalue weighted by atomic mass is 32.2. The van der Waals surface area contributed by atoms with Crippen LogP contribution in [0, 0.1) is 0 Å². The summed E-state index contributed by atoms with van der Waals surface area (Å²) in [5, 5.41) is 8.75. The fourth-order valence-corrected chi connectivity index (χ4v) is 3.75. The van der Waals surface area contributed by atoms with Crippen LogP contribution in [0.25, 0.3) is 0 Å². The Balaban J connectivity index is 1.52. The molecule has 1 aliphatic carbocycles. The lowest BCUT2D eigenvalue weighted by Crippen LogP contribution is -2.16. The van der Waals surface area contributed by atoms with Crippen molar-refractivity contribution in [1.82, 2.24) is 0 Å². The van der Waals surface area contributed by atoms with Crippen molar-refractivity contribution in [3.05, 3.63) is 71.3 Å². The van der Waals surface area contributed by atoms with E-state index in [2.05, 4.69) is 28.4 Å². The Morgan fingerprint density at radius 3 is 2.59 bits per heavy atom. The molecule has 27 heavy (non-hydrogen) atoms. The number of hydrogen-bond acceptors (Lipinski definition) is 4. The molecular weight excluding hydrogens is 354 g/mol. The van der Waals surface area contributed by atoms with Gasteiger partial charge in [0, 0.05) is 11.3 Å². The minimum atomic E-state index is 0.395. The molecule has 0 spiro atoms. The van der Waals surface area contributed by atoms with E-state index in [0.717, 1.165) is 16.9 Å². The van der Waals surface area contributed by atoms with Gasteiger partial charge in [0.2, 0.25) is 0 Å².